The van der Waals surface area contributed by atoms with Crippen LogP contribution < -0.4 is 16.0 Å². The van der Waals surface area contributed by atoms with E-state index < -0.39 is 0 Å². The molecule has 1 aromatic rings. The number of carbonyl (C=O) groups excluding carboxylic acids is 2. The molecular formula is C19H28ClN3O2. The highest BCUT2D eigenvalue weighted by atomic mass is 35.5. The van der Waals surface area contributed by atoms with Crippen LogP contribution in [-0.2, 0) is 16.0 Å². The van der Waals surface area contributed by atoms with E-state index in [0.717, 1.165) is 31.4 Å². The number of nitrogens with one attached hydrogen (secondary N) is 1. The van der Waals surface area contributed by atoms with E-state index in [4.69, 9.17) is 5.73 Å². The molecular weight excluding hydrogens is 338 g/mol. The van der Waals surface area contributed by atoms with E-state index >= 15 is 0 Å². The normalized spacial score (nSPS) is 22.8. The van der Waals surface area contributed by atoms with E-state index in [9.17, 15) is 9.59 Å². The predicted octanol–water partition coefficient (Wildman–Crippen LogP) is 2.41. The van der Waals surface area contributed by atoms with Crippen molar-refractivity contribution in [1.29, 1.82) is 0 Å². The maximum atomic E-state index is 12.3. The first kappa shape index (κ1) is 19.7. The minimum absolute atomic E-state index is 0. The number of fused-ring (bicyclic) bond motifs is 1. The first-order valence-corrected chi connectivity index (χ1v) is 9.06. The zero-order chi connectivity index (χ0) is 16.9. The summed E-state index contributed by atoms with van der Waals surface area (Å²) in [6.07, 6.45) is 6.12. The van der Waals surface area contributed by atoms with Gasteiger partial charge in [-0.1, -0.05) is 31.0 Å². The smallest absolute Gasteiger partial charge is 0.227 e. The minimum Gasteiger partial charge on any atom is -0.353 e. The van der Waals surface area contributed by atoms with Gasteiger partial charge in [0.15, 0.2) is 0 Å². The Hall–Kier alpha value is -1.59. The quantitative estimate of drug-likeness (QED) is 0.841. The SMILES string of the molecule is Cl.NCC1CCCCC1NC(=O)CCN1C(=O)CCc2ccccc21. The van der Waals surface area contributed by atoms with Gasteiger partial charge in [-0.2, -0.15) is 0 Å². The van der Waals surface area contributed by atoms with Crippen LogP contribution in [0.4, 0.5) is 5.69 Å². The average molecular weight is 366 g/mol. The Balaban J connectivity index is 0.00000225. The maximum absolute atomic E-state index is 12.3. The van der Waals surface area contributed by atoms with Gasteiger partial charge in [0.1, 0.15) is 0 Å². The first-order valence-electron chi connectivity index (χ1n) is 9.06. The molecule has 2 aliphatic rings. The van der Waals surface area contributed by atoms with Crippen molar-refractivity contribution in [2.24, 2.45) is 11.7 Å². The molecule has 0 bridgehead atoms. The summed E-state index contributed by atoms with van der Waals surface area (Å²) < 4.78 is 0. The summed E-state index contributed by atoms with van der Waals surface area (Å²) in [7, 11) is 0. The van der Waals surface area contributed by atoms with Gasteiger partial charge in [-0.25, -0.2) is 0 Å². The van der Waals surface area contributed by atoms with E-state index in [-0.39, 0.29) is 30.3 Å². The van der Waals surface area contributed by atoms with E-state index in [1.54, 1.807) is 4.90 Å². The molecule has 3 rings (SSSR count). The third kappa shape index (κ3) is 4.73. The van der Waals surface area contributed by atoms with Crippen molar-refractivity contribution in [3.8, 4) is 0 Å². The van der Waals surface area contributed by atoms with Crippen LogP contribution in [0.25, 0.3) is 0 Å². The van der Waals surface area contributed by atoms with Gasteiger partial charge in [0.25, 0.3) is 0 Å². The summed E-state index contributed by atoms with van der Waals surface area (Å²) in [6, 6.07) is 8.16. The van der Waals surface area contributed by atoms with E-state index in [1.165, 1.54) is 12.0 Å². The molecule has 0 spiro atoms. The Morgan fingerprint density at radius 3 is 2.76 bits per heavy atom. The van der Waals surface area contributed by atoms with Crippen molar-refractivity contribution in [1.82, 2.24) is 5.32 Å². The molecule has 1 saturated carbocycles. The van der Waals surface area contributed by atoms with Gasteiger partial charge in [-0.15, -0.1) is 12.4 Å². The summed E-state index contributed by atoms with van der Waals surface area (Å²) in [5.74, 6) is 0.523. The summed E-state index contributed by atoms with van der Waals surface area (Å²) in [5.41, 5.74) is 7.97. The molecule has 3 N–H and O–H groups in total. The molecule has 1 aliphatic carbocycles. The van der Waals surface area contributed by atoms with Gasteiger partial charge in [-0.3, -0.25) is 9.59 Å². The molecule has 1 aromatic carbocycles. The molecule has 2 atom stereocenters. The van der Waals surface area contributed by atoms with Crippen molar-refractivity contribution in [3.63, 3.8) is 0 Å². The summed E-state index contributed by atoms with van der Waals surface area (Å²) in [6.45, 7) is 1.07. The standard InChI is InChI=1S/C19H27N3O2.ClH/c20-13-15-6-1-3-7-16(15)21-18(23)11-12-22-17-8-4-2-5-14(17)9-10-19(22)24;/h2,4-5,8,15-16H,1,3,6-7,9-13,20H2,(H,21,23);1H. The number of anilines is 1. The molecule has 25 heavy (non-hydrogen) atoms. The predicted molar refractivity (Wildman–Crippen MR) is 102 cm³/mol. The highest BCUT2D eigenvalue weighted by Crippen LogP contribution is 2.27. The van der Waals surface area contributed by atoms with Crippen molar-refractivity contribution in [2.45, 2.75) is 51.0 Å². The molecule has 138 valence electrons. The number of para-hydroxylation sites is 1. The molecule has 1 heterocycles. The van der Waals surface area contributed by atoms with Crippen molar-refractivity contribution >= 4 is 29.9 Å². The molecule has 6 heteroatoms. The van der Waals surface area contributed by atoms with Crippen LogP contribution in [0.5, 0.6) is 0 Å². The fraction of sp³-hybridized carbons (Fsp3) is 0.579. The van der Waals surface area contributed by atoms with Crippen LogP contribution in [0.15, 0.2) is 24.3 Å². The maximum Gasteiger partial charge on any atom is 0.227 e. The molecule has 0 radical (unpaired) electrons. The third-order valence-electron chi connectivity index (χ3n) is 5.31. The largest absolute Gasteiger partial charge is 0.353 e. The Labute approximate surface area is 155 Å². The summed E-state index contributed by atoms with van der Waals surface area (Å²) in [4.78, 5) is 26.3. The lowest BCUT2D eigenvalue weighted by atomic mass is 9.84. The number of benzene rings is 1. The number of hydrogen-bond acceptors (Lipinski definition) is 3. The number of carbonyl (C=O) groups is 2. The molecule has 0 saturated heterocycles. The highest BCUT2D eigenvalue weighted by Gasteiger charge is 2.27. The number of nitrogens with zero attached hydrogens (tertiary/aromatic N) is 1. The molecule has 1 fully saturated rings. The van der Waals surface area contributed by atoms with E-state index in [1.807, 2.05) is 18.2 Å². The van der Waals surface area contributed by atoms with Gasteiger partial charge >= 0.3 is 0 Å². The second-order valence-electron chi connectivity index (χ2n) is 6.88. The summed E-state index contributed by atoms with van der Waals surface area (Å²) >= 11 is 0. The van der Waals surface area contributed by atoms with Crippen LogP contribution in [0.3, 0.4) is 0 Å². The number of rotatable bonds is 5. The number of nitrogens with two attached hydrogens (primary N) is 1. The Bertz CT molecular complexity index is 608. The number of amides is 2. The molecule has 5 nitrogen and oxygen atoms in total. The summed E-state index contributed by atoms with van der Waals surface area (Å²) in [5, 5.41) is 3.14. The topological polar surface area (TPSA) is 75.4 Å². The highest BCUT2D eigenvalue weighted by molar-refractivity contribution is 5.97. The lowest BCUT2D eigenvalue weighted by Gasteiger charge is -2.32. The van der Waals surface area contributed by atoms with E-state index in [0.29, 0.717) is 31.8 Å². The van der Waals surface area contributed by atoms with E-state index in [2.05, 4.69) is 11.4 Å². The van der Waals surface area contributed by atoms with Crippen LogP contribution in [0.2, 0.25) is 0 Å². The van der Waals surface area contributed by atoms with Gasteiger partial charge < -0.3 is 16.0 Å². The zero-order valence-corrected chi connectivity index (χ0v) is 15.4. The second-order valence-corrected chi connectivity index (χ2v) is 6.88. The fourth-order valence-electron chi connectivity index (χ4n) is 3.91. The number of hydrogen-bond donors (Lipinski definition) is 2. The minimum atomic E-state index is 0. The van der Waals surface area contributed by atoms with Gasteiger partial charge in [0.05, 0.1) is 0 Å². The van der Waals surface area contributed by atoms with Crippen molar-refractivity contribution in [2.75, 3.05) is 18.0 Å². The van der Waals surface area contributed by atoms with Crippen molar-refractivity contribution < 1.29 is 9.59 Å². The lowest BCUT2D eigenvalue weighted by molar-refractivity contribution is -0.122. The molecule has 1 aliphatic heterocycles. The fourth-order valence-corrected chi connectivity index (χ4v) is 3.91. The van der Waals surface area contributed by atoms with Crippen LogP contribution in [0.1, 0.15) is 44.1 Å². The Kier molecular flexibility index (Phi) is 7.26. The van der Waals surface area contributed by atoms with Gasteiger partial charge in [0, 0.05) is 31.1 Å². The van der Waals surface area contributed by atoms with Crippen LogP contribution >= 0.6 is 12.4 Å². The Morgan fingerprint density at radius 1 is 1.20 bits per heavy atom. The molecule has 2 amide bonds. The van der Waals surface area contributed by atoms with Crippen LogP contribution in [-0.4, -0.2) is 30.9 Å². The molecule has 0 aromatic heterocycles. The van der Waals surface area contributed by atoms with Crippen molar-refractivity contribution in [3.05, 3.63) is 29.8 Å². The number of halogens is 1. The Morgan fingerprint density at radius 2 is 1.96 bits per heavy atom. The number of aryl methyl sites for hydroxylation is 1. The first-order chi connectivity index (χ1) is 11.7. The lowest BCUT2D eigenvalue weighted by Crippen LogP contribution is -2.46. The monoisotopic (exact) mass is 365 g/mol. The average Bonchev–Trinajstić information content (AvgIpc) is 2.61. The molecule has 2 unspecified atom stereocenters. The second kappa shape index (κ2) is 9.20. The van der Waals surface area contributed by atoms with Crippen LogP contribution in [0, 0.1) is 5.92 Å². The van der Waals surface area contributed by atoms with Gasteiger partial charge in [0.2, 0.25) is 11.8 Å². The zero-order valence-electron chi connectivity index (χ0n) is 14.6. The third-order valence-corrected chi connectivity index (χ3v) is 5.31. The van der Waals surface area contributed by atoms with Gasteiger partial charge in [-0.05, 0) is 43.4 Å².